The molecule has 108 valence electrons. The van der Waals surface area contributed by atoms with Crippen molar-refractivity contribution in [3.05, 3.63) is 28.8 Å². The van der Waals surface area contributed by atoms with Crippen molar-refractivity contribution in [3.8, 4) is 5.40 Å². The maximum atomic E-state index is 12.0. The highest BCUT2D eigenvalue weighted by molar-refractivity contribution is 8.03. The summed E-state index contributed by atoms with van der Waals surface area (Å²) in [5, 5.41) is 21.3. The standard InChI is InChI=1S/C13H12N4OS3/c1-8-3-10(20-6-14)4-9(2)12(8)16-11(18)5-19-13-17-15-7-21-13/h3-4,7H,5H2,1-2H3,(H,16,18). The van der Waals surface area contributed by atoms with Crippen molar-refractivity contribution < 1.29 is 4.79 Å². The Morgan fingerprint density at radius 3 is 2.71 bits per heavy atom. The fourth-order valence-corrected chi connectivity index (χ4v) is 3.63. The Labute approximate surface area is 135 Å². The van der Waals surface area contributed by atoms with Crippen LogP contribution in [-0.4, -0.2) is 21.9 Å². The quantitative estimate of drug-likeness (QED) is 0.665. The van der Waals surface area contributed by atoms with Gasteiger partial charge in [0.05, 0.1) is 5.75 Å². The van der Waals surface area contributed by atoms with Crippen LogP contribution in [0.15, 0.2) is 26.9 Å². The van der Waals surface area contributed by atoms with E-state index in [9.17, 15) is 4.79 Å². The smallest absolute Gasteiger partial charge is 0.234 e. The van der Waals surface area contributed by atoms with E-state index < -0.39 is 0 Å². The van der Waals surface area contributed by atoms with Gasteiger partial charge in [-0.05, 0) is 48.9 Å². The van der Waals surface area contributed by atoms with Crippen molar-refractivity contribution in [2.45, 2.75) is 23.1 Å². The third kappa shape index (κ3) is 4.46. The summed E-state index contributed by atoms with van der Waals surface area (Å²) in [5.74, 6) is 0.213. The highest BCUT2D eigenvalue weighted by atomic mass is 32.2. The minimum absolute atomic E-state index is 0.0814. The first-order chi connectivity index (χ1) is 10.1. The van der Waals surface area contributed by atoms with E-state index in [2.05, 4.69) is 15.5 Å². The van der Waals surface area contributed by atoms with Gasteiger partial charge in [0.1, 0.15) is 10.9 Å². The molecule has 1 aromatic carbocycles. The Balaban J connectivity index is 2.02. The molecule has 0 aliphatic heterocycles. The summed E-state index contributed by atoms with van der Waals surface area (Å²) in [7, 11) is 0. The first kappa shape index (κ1) is 15.8. The number of rotatable bonds is 5. The van der Waals surface area contributed by atoms with E-state index in [1.165, 1.54) is 23.1 Å². The van der Waals surface area contributed by atoms with Crippen molar-refractivity contribution in [1.82, 2.24) is 10.2 Å². The van der Waals surface area contributed by atoms with Crippen molar-refractivity contribution in [2.75, 3.05) is 11.1 Å². The number of anilines is 1. The number of nitrogens with one attached hydrogen (secondary N) is 1. The molecule has 0 radical (unpaired) electrons. The Morgan fingerprint density at radius 1 is 1.43 bits per heavy atom. The Bertz CT molecular complexity index is 656. The zero-order valence-electron chi connectivity index (χ0n) is 11.4. The van der Waals surface area contributed by atoms with Gasteiger partial charge in [0.25, 0.3) is 0 Å². The second-order valence-corrected chi connectivity index (χ2v) is 7.08. The monoisotopic (exact) mass is 336 g/mol. The lowest BCUT2D eigenvalue weighted by atomic mass is 10.1. The van der Waals surface area contributed by atoms with Crippen LogP contribution in [0.3, 0.4) is 0 Å². The van der Waals surface area contributed by atoms with Gasteiger partial charge in [-0.25, -0.2) is 0 Å². The highest BCUT2D eigenvalue weighted by Crippen LogP contribution is 2.28. The van der Waals surface area contributed by atoms with Crippen LogP contribution in [0.2, 0.25) is 0 Å². The molecular weight excluding hydrogens is 324 g/mol. The third-order valence-electron chi connectivity index (χ3n) is 2.60. The molecule has 1 heterocycles. The van der Waals surface area contributed by atoms with E-state index >= 15 is 0 Å². The average Bonchev–Trinajstić information content (AvgIpc) is 2.94. The number of thioether (sulfide) groups is 2. The molecule has 0 saturated carbocycles. The molecule has 0 bridgehead atoms. The number of thiocyanates is 1. The number of amides is 1. The lowest BCUT2D eigenvalue weighted by Gasteiger charge is -2.12. The molecule has 0 saturated heterocycles. The maximum Gasteiger partial charge on any atom is 0.234 e. The van der Waals surface area contributed by atoms with Crippen LogP contribution in [0.1, 0.15) is 11.1 Å². The fourth-order valence-electron chi connectivity index (χ4n) is 1.76. The van der Waals surface area contributed by atoms with Gasteiger partial charge in [-0.3, -0.25) is 4.79 Å². The molecule has 0 spiro atoms. The Kier molecular flexibility index (Phi) is 5.61. The summed E-state index contributed by atoms with van der Waals surface area (Å²) in [6, 6.07) is 3.79. The molecule has 1 aromatic heterocycles. The van der Waals surface area contributed by atoms with E-state index in [0.717, 1.165) is 37.8 Å². The number of nitrogens with zero attached hydrogens (tertiary/aromatic N) is 3. The zero-order chi connectivity index (χ0) is 15.2. The Hall–Kier alpha value is -1.56. The van der Waals surface area contributed by atoms with E-state index in [1.54, 1.807) is 5.51 Å². The lowest BCUT2D eigenvalue weighted by molar-refractivity contribution is -0.113. The van der Waals surface area contributed by atoms with E-state index in [4.69, 9.17) is 5.26 Å². The van der Waals surface area contributed by atoms with Gasteiger partial charge < -0.3 is 5.32 Å². The molecule has 8 heteroatoms. The number of aromatic nitrogens is 2. The summed E-state index contributed by atoms with van der Waals surface area (Å²) in [6.45, 7) is 3.84. The van der Waals surface area contributed by atoms with Crippen molar-refractivity contribution in [2.24, 2.45) is 0 Å². The number of hydrogen-bond acceptors (Lipinski definition) is 7. The summed E-state index contributed by atoms with van der Waals surface area (Å²) in [6.07, 6.45) is 0. The second kappa shape index (κ2) is 7.45. The zero-order valence-corrected chi connectivity index (χ0v) is 13.9. The van der Waals surface area contributed by atoms with Crippen molar-refractivity contribution >= 4 is 46.5 Å². The topological polar surface area (TPSA) is 78.7 Å². The summed E-state index contributed by atoms with van der Waals surface area (Å²) in [4.78, 5) is 12.9. The number of nitriles is 1. The number of carbonyl (C=O) groups is 1. The van der Waals surface area contributed by atoms with Crippen LogP contribution < -0.4 is 5.32 Å². The van der Waals surface area contributed by atoms with Crippen LogP contribution in [0.5, 0.6) is 0 Å². The number of aryl methyl sites for hydroxylation is 2. The molecule has 1 amide bonds. The molecule has 21 heavy (non-hydrogen) atoms. The molecule has 2 aromatic rings. The average molecular weight is 336 g/mol. The summed E-state index contributed by atoms with van der Waals surface area (Å²) < 4.78 is 0.777. The predicted molar refractivity (Wildman–Crippen MR) is 86.6 cm³/mol. The van der Waals surface area contributed by atoms with Gasteiger partial charge in [-0.1, -0.05) is 23.1 Å². The highest BCUT2D eigenvalue weighted by Gasteiger charge is 2.10. The number of benzene rings is 1. The van der Waals surface area contributed by atoms with Gasteiger partial charge in [0.2, 0.25) is 5.91 Å². The minimum atomic E-state index is -0.0814. The minimum Gasteiger partial charge on any atom is -0.325 e. The summed E-state index contributed by atoms with van der Waals surface area (Å²) >= 11 is 3.89. The number of carbonyl (C=O) groups excluding carboxylic acids is 1. The van der Waals surface area contributed by atoms with Gasteiger partial charge in [0.15, 0.2) is 4.34 Å². The van der Waals surface area contributed by atoms with Crippen LogP contribution in [0.4, 0.5) is 5.69 Å². The third-order valence-corrected chi connectivity index (χ3v) is 5.02. The molecule has 0 fully saturated rings. The molecule has 0 aliphatic carbocycles. The van der Waals surface area contributed by atoms with Crippen LogP contribution in [0.25, 0.3) is 0 Å². The van der Waals surface area contributed by atoms with Crippen molar-refractivity contribution in [3.63, 3.8) is 0 Å². The van der Waals surface area contributed by atoms with Crippen LogP contribution >= 0.6 is 34.9 Å². The molecule has 0 aliphatic rings. The molecule has 0 atom stereocenters. The molecule has 0 unspecified atom stereocenters. The second-order valence-electron chi connectivity index (χ2n) is 4.17. The fraction of sp³-hybridized carbons (Fsp3) is 0.231. The van der Waals surface area contributed by atoms with Crippen LogP contribution in [0, 0.1) is 24.5 Å². The van der Waals surface area contributed by atoms with Crippen LogP contribution in [-0.2, 0) is 4.79 Å². The molecule has 1 N–H and O–H groups in total. The largest absolute Gasteiger partial charge is 0.325 e. The summed E-state index contributed by atoms with van der Waals surface area (Å²) in [5.41, 5.74) is 4.34. The SMILES string of the molecule is Cc1cc(SC#N)cc(C)c1NC(=O)CSc1nncs1. The van der Waals surface area contributed by atoms with Gasteiger partial charge in [-0.2, -0.15) is 5.26 Å². The van der Waals surface area contributed by atoms with Gasteiger partial charge >= 0.3 is 0 Å². The first-order valence-corrected chi connectivity index (χ1v) is 8.64. The van der Waals surface area contributed by atoms with Crippen molar-refractivity contribution in [1.29, 1.82) is 5.26 Å². The predicted octanol–water partition coefficient (Wildman–Crippen LogP) is 3.46. The van der Waals surface area contributed by atoms with Gasteiger partial charge in [0, 0.05) is 10.6 Å². The normalized spacial score (nSPS) is 10.1. The van der Waals surface area contributed by atoms with E-state index in [1.807, 2.05) is 31.4 Å². The molecular formula is C13H12N4OS3. The van der Waals surface area contributed by atoms with Gasteiger partial charge in [-0.15, -0.1) is 10.2 Å². The Morgan fingerprint density at radius 2 is 2.14 bits per heavy atom. The number of hydrogen-bond donors (Lipinski definition) is 1. The molecule has 2 rings (SSSR count). The lowest BCUT2D eigenvalue weighted by Crippen LogP contribution is -2.15. The molecule has 5 nitrogen and oxygen atoms in total. The van der Waals surface area contributed by atoms with E-state index in [0.29, 0.717) is 5.75 Å². The van der Waals surface area contributed by atoms with E-state index in [-0.39, 0.29) is 5.91 Å². The maximum absolute atomic E-state index is 12.0. The first-order valence-electron chi connectivity index (χ1n) is 5.96.